The van der Waals surface area contributed by atoms with Gasteiger partial charge in [0.25, 0.3) is 0 Å². The lowest BCUT2D eigenvalue weighted by atomic mass is 9.97. The summed E-state index contributed by atoms with van der Waals surface area (Å²) in [5.74, 6) is -36.3. The third-order valence-corrected chi connectivity index (χ3v) is 2.07. The lowest BCUT2D eigenvalue weighted by Gasteiger charge is -2.35. The highest BCUT2D eigenvalue weighted by Gasteiger charge is 2.84. The van der Waals surface area contributed by atoms with E-state index in [9.17, 15) is 57.5 Å². The largest absolute Gasteiger partial charge is 0.385 e. The van der Waals surface area contributed by atoms with Gasteiger partial charge in [0.2, 0.25) is 11.7 Å². The summed E-state index contributed by atoms with van der Waals surface area (Å²) in [5, 5.41) is 0. The SMILES string of the molecule is O=CC(F)=C(F)C(F)(F)C(F)(F)C(F)(F)C(F)(F)C(F)F. The average Bonchev–Trinajstić information content (AvgIpc) is 2.35. The van der Waals surface area contributed by atoms with Crippen molar-refractivity contribution in [1.29, 1.82) is 0 Å². The third kappa shape index (κ3) is 2.69. The summed E-state index contributed by atoms with van der Waals surface area (Å²) in [6.45, 7) is 0. The molecule has 0 heterocycles. The predicted molar refractivity (Wildman–Crippen MR) is 41.1 cm³/mol. The van der Waals surface area contributed by atoms with Crippen molar-refractivity contribution in [3.8, 4) is 0 Å². The molecule has 0 aliphatic carbocycles. The zero-order valence-electron chi connectivity index (χ0n) is 9.10. The number of rotatable bonds is 6. The van der Waals surface area contributed by atoms with Crippen molar-refractivity contribution in [2.75, 3.05) is 0 Å². The number of aldehydes is 1. The summed E-state index contributed by atoms with van der Waals surface area (Å²) in [4.78, 5) is 9.57. The lowest BCUT2D eigenvalue weighted by Crippen LogP contribution is -2.64. The van der Waals surface area contributed by atoms with E-state index in [4.69, 9.17) is 0 Å². The molecule has 0 atom stereocenters. The van der Waals surface area contributed by atoms with E-state index in [1.807, 2.05) is 0 Å². The van der Waals surface area contributed by atoms with Gasteiger partial charge in [-0.3, -0.25) is 4.79 Å². The molecule has 1 nitrogen and oxygen atoms in total. The molecule has 0 aliphatic heterocycles. The van der Waals surface area contributed by atoms with Crippen molar-refractivity contribution >= 4 is 6.29 Å². The number of hydrogen-bond donors (Lipinski definition) is 0. The average molecular weight is 342 g/mol. The Bertz CT molecular complexity index is 437. The second-order valence-corrected chi connectivity index (χ2v) is 3.43. The molecule has 0 aromatic heterocycles. The first-order valence-corrected chi connectivity index (χ1v) is 4.39. The number of alkyl halides is 10. The van der Waals surface area contributed by atoms with Crippen molar-refractivity contribution in [2.45, 2.75) is 30.1 Å². The smallest absolute Gasteiger partial charge is 0.295 e. The van der Waals surface area contributed by atoms with Crippen LogP contribution in [-0.2, 0) is 4.79 Å². The second kappa shape index (κ2) is 5.40. The van der Waals surface area contributed by atoms with Gasteiger partial charge in [-0.1, -0.05) is 0 Å². The van der Waals surface area contributed by atoms with Crippen LogP contribution in [0.5, 0.6) is 0 Å². The first-order chi connectivity index (χ1) is 9.09. The lowest BCUT2D eigenvalue weighted by molar-refractivity contribution is -0.378. The van der Waals surface area contributed by atoms with Gasteiger partial charge in [0.05, 0.1) is 0 Å². The van der Waals surface area contributed by atoms with Crippen molar-refractivity contribution in [3.63, 3.8) is 0 Å². The molecule has 0 saturated carbocycles. The van der Waals surface area contributed by atoms with Crippen LogP contribution in [0.3, 0.4) is 0 Å². The van der Waals surface area contributed by atoms with E-state index >= 15 is 0 Å². The van der Waals surface area contributed by atoms with Crippen LogP contribution in [-0.4, -0.2) is 36.4 Å². The summed E-state index contributed by atoms with van der Waals surface area (Å²) >= 11 is 0. The summed E-state index contributed by atoms with van der Waals surface area (Å²) in [7, 11) is 0. The minimum Gasteiger partial charge on any atom is -0.295 e. The monoisotopic (exact) mass is 342 g/mol. The number of allylic oxidation sites excluding steroid dienone is 2. The quantitative estimate of drug-likeness (QED) is 0.403. The minimum absolute atomic E-state index is 1.44. The van der Waals surface area contributed by atoms with Crippen molar-refractivity contribution in [2.24, 2.45) is 0 Å². The second-order valence-electron chi connectivity index (χ2n) is 3.43. The predicted octanol–water partition coefficient (Wildman–Crippen LogP) is 4.14. The fourth-order valence-corrected chi connectivity index (χ4v) is 0.883. The minimum atomic E-state index is -7.47. The molecule has 21 heavy (non-hydrogen) atoms. The topological polar surface area (TPSA) is 17.1 Å². The summed E-state index contributed by atoms with van der Waals surface area (Å²) in [5.41, 5.74) is 0. The zero-order chi connectivity index (χ0) is 17.4. The molecule has 0 aliphatic rings. The fraction of sp³-hybridized carbons (Fsp3) is 0.625. The van der Waals surface area contributed by atoms with Crippen LogP contribution >= 0.6 is 0 Å². The first-order valence-electron chi connectivity index (χ1n) is 4.39. The highest BCUT2D eigenvalue weighted by molar-refractivity contribution is 5.71. The van der Waals surface area contributed by atoms with Gasteiger partial charge in [-0.2, -0.15) is 35.1 Å². The van der Waals surface area contributed by atoms with Crippen molar-refractivity contribution in [3.05, 3.63) is 11.7 Å². The van der Waals surface area contributed by atoms with Crippen LogP contribution in [0.1, 0.15) is 0 Å². The molecule has 0 aromatic rings. The van der Waals surface area contributed by atoms with E-state index in [1.54, 1.807) is 0 Å². The van der Waals surface area contributed by atoms with Crippen LogP contribution in [0.2, 0.25) is 0 Å². The van der Waals surface area contributed by atoms with E-state index in [-0.39, 0.29) is 0 Å². The van der Waals surface area contributed by atoms with Crippen LogP contribution in [0.15, 0.2) is 11.7 Å². The molecule has 0 spiro atoms. The Balaban J connectivity index is 6.15. The van der Waals surface area contributed by atoms with Crippen molar-refractivity contribution < 1.29 is 57.5 Å². The molecule has 124 valence electrons. The first kappa shape index (κ1) is 19.6. The van der Waals surface area contributed by atoms with Gasteiger partial charge >= 0.3 is 30.1 Å². The van der Waals surface area contributed by atoms with Crippen LogP contribution in [0, 0.1) is 0 Å². The van der Waals surface area contributed by atoms with Gasteiger partial charge in [0.15, 0.2) is 6.29 Å². The standard InChI is InChI=1S/C8H2F12O/c9-2(1-21)3(10)5(13,14)7(17,18)8(19,20)6(15,16)4(11)12/h1,4H. The molecule has 0 radical (unpaired) electrons. The molecule has 0 saturated heterocycles. The zero-order valence-corrected chi connectivity index (χ0v) is 9.10. The van der Waals surface area contributed by atoms with E-state index < -0.39 is 48.1 Å². The molecule has 0 unspecified atom stereocenters. The van der Waals surface area contributed by atoms with Crippen LogP contribution in [0.4, 0.5) is 52.7 Å². The molecule has 0 N–H and O–H groups in total. The number of halogens is 12. The molecule has 0 amide bonds. The van der Waals surface area contributed by atoms with E-state index in [0.717, 1.165) is 0 Å². The molecular formula is C8H2F12O. The van der Waals surface area contributed by atoms with E-state index in [0.29, 0.717) is 0 Å². The van der Waals surface area contributed by atoms with Gasteiger partial charge in [0.1, 0.15) is 0 Å². The Hall–Kier alpha value is -1.43. The van der Waals surface area contributed by atoms with Crippen LogP contribution in [0.25, 0.3) is 0 Å². The maximum atomic E-state index is 12.7. The van der Waals surface area contributed by atoms with E-state index in [1.165, 1.54) is 0 Å². The molecule has 0 fully saturated rings. The Morgan fingerprint density at radius 2 is 1.19 bits per heavy atom. The third-order valence-electron chi connectivity index (χ3n) is 2.07. The number of hydrogen-bond acceptors (Lipinski definition) is 1. The highest BCUT2D eigenvalue weighted by atomic mass is 19.4. The maximum Gasteiger partial charge on any atom is 0.385 e. The number of carbonyl (C=O) groups excluding carboxylic acids is 1. The number of carbonyl (C=O) groups is 1. The van der Waals surface area contributed by atoms with Crippen LogP contribution < -0.4 is 0 Å². The Labute approximate surface area is 107 Å². The van der Waals surface area contributed by atoms with Gasteiger partial charge in [-0.25, -0.2) is 17.6 Å². The maximum absolute atomic E-state index is 12.7. The summed E-state index contributed by atoms with van der Waals surface area (Å²) in [6, 6.07) is 0. The Morgan fingerprint density at radius 1 is 0.810 bits per heavy atom. The van der Waals surface area contributed by atoms with Gasteiger partial charge < -0.3 is 0 Å². The van der Waals surface area contributed by atoms with Gasteiger partial charge in [0, 0.05) is 0 Å². The van der Waals surface area contributed by atoms with Gasteiger partial charge in [-0.15, -0.1) is 0 Å². The van der Waals surface area contributed by atoms with Gasteiger partial charge in [-0.05, 0) is 0 Å². The van der Waals surface area contributed by atoms with E-state index in [2.05, 4.69) is 0 Å². The van der Waals surface area contributed by atoms with Crippen molar-refractivity contribution in [1.82, 2.24) is 0 Å². The molecule has 0 rings (SSSR count). The summed E-state index contributed by atoms with van der Waals surface area (Å²) in [6.07, 6.45) is -6.96. The molecular weight excluding hydrogens is 340 g/mol. The Kier molecular flexibility index (Phi) is 5.04. The molecule has 13 heteroatoms. The fourth-order valence-electron chi connectivity index (χ4n) is 0.883. The highest BCUT2D eigenvalue weighted by Crippen LogP contribution is 2.56. The normalized spacial score (nSPS) is 16.0. The molecule has 0 bridgehead atoms. The molecule has 0 aromatic carbocycles. The summed E-state index contributed by atoms with van der Waals surface area (Å²) < 4.78 is 148. The Morgan fingerprint density at radius 3 is 1.48 bits per heavy atom.